The number of benzene rings is 1. The largest absolute Gasteiger partial charge is 0.391 e. The molecular formula is C14H19NO. The normalized spacial score (nSPS) is 34.2. The van der Waals surface area contributed by atoms with E-state index < -0.39 is 0 Å². The summed E-state index contributed by atoms with van der Waals surface area (Å²) in [4.78, 5) is 2.47. The van der Waals surface area contributed by atoms with Gasteiger partial charge in [-0.25, -0.2) is 0 Å². The number of fused-ring (bicyclic) bond motifs is 3. The minimum Gasteiger partial charge on any atom is -0.391 e. The summed E-state index contributed by atoms with van der Waals surface area (Å²) in [6.07, 6.45) is 3.43. The Labute approximate surface area is 96.9 Å². The van der Waals surface area contributed by atoms with Gasteiger partial charge in [0.1, 0.15) is 0 Å². The van der Waals surface area contributed by atoms with E-state index in [0.29, 0.717) is 6.04 Å². The van der Waals surface area contributed by atoms with Gasteiger partial charge in [0.15, 0.2) is 0 Å². The Bertz CT molecular complexity index is 351. The molecule has 3 fully saturated rings. The predicted molar refractivity (Wildman–Crippen MR) is 64.0 cm³/mol. The fourth-order valence-electron chi connectivity index (χ4n) is 3.27. The van der Waals surface area contributed by atoms with Gasteiger partial charge >= 0.3 is 0 Å². The molecule has 0 radical (unpaired) electrons. The van der Waals surface area contributed by atoms with E-state index in [1.807, 2.05) is 0 Å². The molecule has 0 unspecified atom stereocenters. The zero-order valence-electron chi connectivity index (χ0n) is 9.55. The van der Waals surface area contributed by atoms with Gasteiger partial charge in [-0.05, 0) is 30.7 Å². The molecule has 2 heterocycles. The van der Waals surface area contributed by atoms with Crippen molar-refractivity contribution in [3.8, 4) is 0 Å². The first-order valence-corrected chi connectivity index (χ1v) is 6.29. The number of hydrogen-bond acceptors (Lipinski definition) is 2. The molecule has 4 rings (SSSR count). The zero-order valence-corrected chi connectivity index (χ0v) is 9.55. The molecule has 86 valence electrons. The van der Waals surface area contributed by atoms with Crippen molar-refractivity contribution < 1.29 is 5.11 Å². The van der Waals surface area contributed by atoms with Gasteiger partial charge in [-0.3, -0.25) is 4.90 Å². The second-order valence-corrected chi connectivity index (χ2v) is 5.23. The number of aliphatic hydroxyl groups excluding tert-OH is 1. The molecule has 16 heavy (non-hydrogen) atoms. The lowest BCUT2D eigenvalue weighted by atomic mass is 9.78. The summed E-state index contributed by atoms with van der Waals surface area (Å²) in [6, 6.07) is 11.0. The van der Waals surface area contributed by atoms with Crippen molar-refractivity contribution in [2.45, 2.75) is 38.0 Å². The Morgan fingerprint density at radius 2 is 2.00 bits per heavy atom. The Morgan fingerprint density at radius 3 is 2.69 bits per heavy atom. The summed E-state index contributed by atoms with van der Waals surface area (Å²) in [5, 5.41) is 10.0. The van der Waals surface area contributed by atoms with Crippen molar-refractivity contribution in [1.29, 1.82) is 0 Å². The summed E-state index contributed by atoms with van der Waals surface area (Å²) >= 11 is 0. The molecule has 3 aliphatic rings. The maximum atomic E-state index is 10.0. The van der Waals surface area contributed by atoms with Crippen molar-refractivity contribution in [2.75, 3.05) is 6.54 Å². The van der Waals surface area contributed by atoms with Crippen LogP contribution in [0.15, 0.2) is 30.3 Å². The number of hydrogen-bond donors (Lipinski definition) is 1. The van der Waals surface area contributed by atoms with Crippen LogP contribution in [0.3, 0.4) is 0 Å². The molecule has 0 aromatic heterocycles. The monoisotopic (exact) mass is 217 g/mol. The Morgan fingerprint density at radius 1 is 1.19 bits per heavy atom. The van der Waals surface area contributed by atoms with Crippen LogP contribution in [-0.2, 0) is 6.54 Å². The Hall–Kier alpha value is -0.860. The van der Waals surface area contributed by atoms with E-state index in [-0.39, 0.29) is 6.10 Å². The van der Waals surface area contributed by atoms with Crippen LogP contribution in [0.1, 0.15) is 24.8 Å². The third kappa shape index (κ3) is 1.87. The van der Waals surface area contributed by atoms with Crippen LogP contribution in [0.5, 0.6) is 0 Å². The molecule has 1 aromatic carbocycles. The topological polar surface area (TPSA) is 23.5 Å². The number of aliphatic hydroxyl groups is 1. The molecule has 2 saturated heterocycles. The first-order valence-electron chi connectivity index (χ1n) is 6.29. The molecule has 2 nitrogen and oxygen atoms in total. The first-order chi connectivity index (χ1) is 7.83. The van der Waals surface area contributed by atoms with E-state index in [1.54, 1.807) is 0 Å². The average Bonchev–Trinajstić information content (AvgIpc) is 2.30. The summed E-state index contributed by atoms with van der Waals surface area (Å²) in [6.45, 7) is 2.18. The lowest BCUT2D eigenvalue weighted by Crippen LogP contribution is -2.55. The second kappa shape index (κ2) is 4.19. The second-order valence-electron chi connectivity index (χ2n) is 5.23. The quantitative estimate of drug-likeness (QED) is 0.819. The predicted octanol–water partition coefficient (Wildman–Crippen LogP) is 2.03. The fourth-order valence-corrected chi connectivity index (χ4v) is 3.27. The highest BCUT2D eigenvalue weighted by Crippen LogP contribution is 2.35. The smallest absolute Gasteiger partial charge is 0.0698 e. The van der Waals surface area contributed by atoms with Gasteiger partial charge in [-0.2, -0.15) is 0 Å². The summed E-state index contributed by atoms with van der Waals surface area (Å²) < 4.78 is 0. The van der Waals surface area contributed by atoms with E-state index in [4.69, 9.17) is 0 Å². The van der Waals surface area contributed by atoms with E-state index in [0.717, 1.165) is 18.9 Å². The SMILES string of the molecule is O[C@@H]1C[C@@H]2CC[C@@H]1N(Cc1ccccc1)C2. The molecule has 1 aliphatic carbocycles. The highest BCUT2D eigenvalue weighted by Gasteiger charge is 2.39. The summed E-state index contributed by atoms with van der Waals surface area (Å²) in [5.74, 6) is 0.726. The highest BCUT2D eigenvalue weighted by molar-refractivity contribution is 5.15. The third-order valence-corrected chi connectivity index (χ3v) is 4.08. The van der Waals surface area contributed by atoms with Crippen molar-refractivity contribution in [3.05, 3.63) is 35.9 Å². The van der Waals surface area contributed by atoms with E-state index in [1.165, 1.54) is 24.9 Å². The minimum absolute atomic E-state index is 0.0868. The molecule has 0 spiro atoms. The van der Waals surface area contributed by atoms with Crippen molar-refractivity contribution in [1.82, 2.24) is 4.90 Å². The average molecular weight is 217 g/mol. The van der Waals surface area contributed by atoms with Gasteiger partial charge in [-0.15, -0.1) is 0 Å². The van der Waals surface area contributed by atoms with Crippen LogP contribution >= 0.6 is 0 Å². The van der Waals surface area contributed by atoms with E-state index in [2.05, 4.69) is 35.2 Å². The van der Waals surface area contributed by atoms with Crippen molar-refractivity contribution in [2.24, 2.45) is 5.92 Å². The van der Waals surface area contributed by atoms with Gasteiger partial charge in [0.2, 0.25) is 0 Å². The molecule has 2 bridgehead atoms. The molecule has 0 amide bonds. The van der Waals surface area contributed by atoms with Crippen molar-refractivity contribution in [3.63, 3.8) is 0 Å². The molecule has 1 aromatic rings. The van der Waals surface area contributed by atoms with Crippen LogP contribution in [0.25, 0.3) is 0 Å². The third-order valence-electron chi connectivity index (χ3n) is 4.08. The summed E-state index contributed by atoms with van der Waals surface area (Å²) in [5.41, 5.74) is 1.36. The van der Waals surface area contributed by atoms with Gasteiger partial charge < -0.3 is 5.11 Å². The van der Waals surface area contributed by atoms with Gasteiger partial charge in [0, 0.05) is 19.1 Å². The molecule has 1 N–H and O–H groups in total. The van der Waals surface area contributed by atoms with Crippen LogP contribution < -0.4 is 0 Å². The zero-order chi connectivity index (χ0) is 11.0. The van der Waals surface area contributed by atoms with E-state index in [9.17, 15) is 5.11 Å². The maximum Gasteiger partial charge on any atom is 0.0698 e. The molecule has 3 atom stereocenters. The van der Waals surface area contributed by atoms with Gasteiger partial charge in [0.25, 0.3) is 0 Å². The van der Waals surface area contributed by atoms with Crippen LogP contribution in [0, 0.1) is 5.92 Å². The van der Waals surface area contributed by atoms with Gasteiger partial charge in [-0.1, -0.05) is 30.3 Å². The van der Waals surface area contributed by atoms with Crippen LogP contribution in [0.2, 0.25) is 0 Å². The highest BCUT2D eigenvalue weighted by atomic mass is 16.3. The van der Waals surface area contributed by atoms with Crippen LogP contribution in [0.4, 0.5) is 0 Å². The maximum absolute atomic E-state index is 10.0. The van der Waals surface area contributed by atoms with E-state index >= 15 is 0 Å². The molecular weight excluding hydrogens is 198 g/mol. The fraction of sp³-hybridized carbons (Fsp3) is 0.571. The van der Waals surface area contributed by atoms with Crippen LogP contribution in [-0.4, -0.2) is 28.7 Å². The van der Waals surface area contributed by atoms with Crippen molar-refractivity contribution >= 4 is 0 Å². The minimum atomic E-state index is -0.0868. The first kappa shape index (κ1) is 10.3. The lowest BCUT2D eigenvalue weighted by Gasteiger charge is -2.48. The molecule has 1 saturated carbocycles. The standard InChI is InChI=1S/C14H19NO/c16-14-8-12-6-7-13(14)15(10-12)9-11-4-2-1-3-5-11/h1-5,12-14,16H,6-10H2/t12-,13-,14+/m0/s1. The number of piperidine rings is 2. The lowest BCUT2D eigenvalue weighted by molar-refractivity contribution is -0.0582. The molecule has 2 heteroatoms. The molecule has 2 aliphatic heterocycles. The summed E-state index contributed by atoms with van der Waals surface area (Å²) in [7, 11) is 0. The number of rotatable bonds is 2. The Balaban J connectivity index is 1.72. The van der Waals surface area contributed by atoms with Gasteiger partial charge in [0.05, 0.1) is 6.10 Å². The Kier molecular flexibility index (Phi) is 2.70. The number of nitrogens with zero attached hydrogens (tertiary/aromatic N) is 1.